The van der Waals surface area contributed by atoms with Gasteiger partial charge in [0.25, 0.3) is 0 Å². The van der Waals surface area contributed by atoms with Gasteiger partial charge in [-0.05, 0) is 50.0 Å². The van der Waals surface area contributed by atoms with Crippen LogP contribution in [0.2, 0.25) is 0 Å². The molecule has 0 unspecified atom stereocenters. The van der Waals surface area contributed by atoms with Crippen LogP contribution in [0.3, 0.4) is 0 Å². The monoisotopic (exact) mass is 349 g/mol. The molecule has 0 spiro atoms. The zero-order valence-electron chi connectivity index (χ0n) is 15.7. The number of pyridine rings is 1. The molecule has 1 saturated heterocycles. The number of nitrogens with zero attached hydrogens (tertiary/aromatic N) is 4. The van der Waals surface area contributed by atoms with E-state index in [0.717, 1.165) is 29.8 Å². The van der Waals surface area contributed by atoms with Gasteiger partial charge in [0.2, 0.25) is 0 Å². The Bertz CT molecular complexity index is 865. The third-order valence-electron chi connectivity index (χ3n) is 5.31. The Morgan fingerprint density at radius 2 is 1.92 bits per heavy atom. The van der Waals surface area contributed by atoms with Crippen molar-refractivity contribution >= 4 is 11.0 Å². The Morgan fingerprint density at radius 3 is 2.69 bits per heavy atom. The summed E-state index contributed by atoms with van der Waals surface area (Å²) >= 11 is 0. The topological polar surface area (TPSA) is 46.0 Å². The van der Waals surface area contributed by atoms with Crippen molar-refractivity contribution in [2.75, 3.05) is 19.6 Å². The molecular weight excluding hydrogens is 322 g/mol. The largest absolute Gasteiger partial charge is 0.305 e. The lowest BCUT2D eigenvalue weighted by molar-refractivity contribution is 0.291. The van der Waals surface area contributed by atoms with Gasteiger partial charge in [-0.1, -0.05) is 30.3 Å². The summed E-state index contributed by atoms with van der Waals surface area (Å²) in [5.74, 6) is 0. The molecule has 0 radical (unpaired) electrons. The smallest absolute Gasteiger partial charge is 0.157 e. The summed E-state index contributed by atoms with van der Waals surface area (Å²) in [6, 6.07) is 13.3. The van der Waals surface area contributed by atoms with Gasteiger partial charge in [-0.15, -0.1) is 0 Å². The highest BCUT2D eigenvalue weighted by molar-refractivity contribution is 5.78. The van der Waals surface area contributed by atoms with E-state index >= 15 is 0 Å². The summed E-state index contributed by atoms with van der Waals surface area (Å²) in [5, 5.41) is 9.37. The molecule has 2 aromatic heterocycles. The molecule has 136 valence electrons. The first-order valence-corrected chi connectivity index (χ1v) is 9.49. The minimum atomic E-state index is 0.333. The Balaban J connectivity index is 1.51. The number of likely N-dealkylation sites (tertiary alicyclic amines) is 1. The number of nitrogens with one attached hydrogen (secondary N) is 1. The summed E-state index contributed by atoms with van der Waals surface area (Å²) in [4.78, 5) is 7.17. The fourth-order valence-electron chi connectivity index (χ4n) is 3.89. The molecule has 0 bridgehead atoms. The molecule has 5 nitrogen and oxygen atoms in total. The second-order valence-electron chi connectivity index (χ2n) is 7.28. The number of benzene rings is 1. The number of hydrogen-bond acceptors (Lipinski definition) is 4. The van der Waals surface area contributed by atoms with Crippen molar-refractivity contribution in [1.82, 2.24) is 25.0 Å². The first-order chi connectivity index (χ1) is 12.7. The minimum absolute atomic E-state index is 0.333. The van der Waals surface area contributed by atoms with Crippen LogP contribution in [0.15, 0.2) is 42.6 Å². The maximum absolute atomic E-state index is 4.61. The van der Waals surface area contributed by atoms with Crippen LogP contribution in [0.4, 0.5) is 0 Å². The number of rotatable bonds is 6. The lowest BCUT2D eigenvalue weighted by Gasteiger charge is -2.25. The quantitative estimate of drug-likeness (QED) is 0.742. The average molecular weight is 349 g/mol. The predicted octanol–water partition coefficient (Wildman–Crippen LogP) is 3.20. The molecule has 4 rings (SSSR count). The van der Waals surface area contributed by atoms with E-state index in [1.165, 1.54) is 37.1 Å². The second-order valence-corrected chi connectivity index (χ2v) is 7.28. The molecule has 5 heteroatoms. The van der Waals surface area contributed by atoms with Crippen LogP contribution in [0.5, 0.6) is 0 Å². The van der Waals surface area contributed by atoms with Crippen LogP contribution < -0.4 is 5.32 Å². The molecule has 3 heterocycles. The zero-order chi connectivity index (χ0) is 17.9. The zero-order valence-corrected chi connectivity index (χ0v) is 15.7. The van der Waals surface area contributed by atoms with Crippen molar-refractivity contribution in [2.24, 2.45) is 7.05 Å². The Hall–Kier alpha value is -2.24. The molecule has 26 heavy (non-hydrogen) atoms. The third-order valence-corrected chi connectivity index (χ3v) is 5.31. The fraction of sp³-hybridized carbons (Fsp3) is 0.429. The van der Waals surface area contributed by atoms with Crippen LogP contribution >= 0.6 is 0 Å². The summed E-state index contributed by atoms with van der Waals surface area (Å²) in [6.45, 7) is 6.35. The summed E-state index contributed by atoms with van der Waals surface area (Å²) in [5.41, 5.74) is 4.54. The molecule has 3 aromatic rings. The lowest BCUT2D eigenvalue weighted by atomic mass is 10.1. The first-order valence-electron chi connectivity index (χ1n) is 9.49. The van der Waals surface area contributed by atoms with Crippen molar-refractivity contribution < 1.29 is 0 Å². The second kappa shape index (κ2) is 7.56. The van der Waals surface area contributed by atoms with Gasteiger partial charge < -0.3 is 10.2 Å². The number of aryl methyl sites for hydroxylation is 2. The van der Waals surface area contributed by atoms with Gasteiger partial charge in [0, 0.05) is 37.8 Å². The van der Waals surface area contributed by atoms with E-state index in [-0.39, 0.29) is 0 Å². The van der Waals surface area contributed by atoms with Gasteiger partial charge in [-0.2, -0.15) is 5.10 Å². The van der Waals surface area contributed by atoms with Crippen LogP contribution in [0.25, 0.3) is 11.0 Å². The highest BCUT2D eigenvalue weighted by Crippen LogP contribution is 2.20. The predicted molar refractivity (Wildman–Crippen MR) is 105 cm³/mol. The maximum Gasteiger partial charge on any atom is 0.157 e. The molecular formula is C21H27N5. The van der Waals surface area contributed by atoms with Gasteiger partial charge >= 0.3 is 0 Å². The minimum Gasteiger partial charge on any atom is -0.305 e. The van der Waals surface area contributed by atoms with E-state index in [9.17, 15) is 0 Å². The van der Waals surface area contributed by atoms with Crippen LogP contribution in [0, 0.1) is 6.92 Å². The van der Waals surface area contributed by atoms with Gasteiger partial charge in [0.15, 0.2) is 5.65 Å². The molecule has 1 aromatic carbocycles. The van der Waals surface area contributed by atoms with E-state index in [4.69, 9.17) is 0 Å². The Morgan fingerprint density at radius 1 is 1.15 bits per heavy atom. The highest BCUT2D eigenvalue weighted by atomic mass is 15.3. The van der Waals surface area contributed by atoms with Crippen LogP contribution in [0.1, 0.15) is 35.7 Å². The molecule has 1 aliphatic heterocycles. The van der Waals surface area contributed by atoms with Crippen molar-refractivity contribution in [3.8, 4) is 0 Å². The number of aromatic nitrogens is 3. The van der Waals surface area contributed by atoms with Gasteiger partial charge in [0.05, 0.1) is 5.69 Å². The first kappa shape index (κ1) is 17.2. The average Bonchev–Trinajstić information content (AvgIpc) is 3.27. The van der Waals surface area contributed by atoms with Gasteiger partial charge in [-0.25, -0.2) is 4.98 Å². The van der Waals surface area contributed by atoms with Crippen molar-refractivity contribution in [2.45, 2.75) is 32.4 Å². The van der Waals surface area contributed by atoms with Gasteiger partial charge in [0.1, 0.15) is 0 Å². The molecule has 1 N–H and O–H groups in total. The number of fused-ring (bicyclic) bond motifs is 1. The van der Waals surface area contributed by atoms with Crippen molar-refractivity contribution in [1.29, 1.82) is 0 Å². The van der Waals surface area contributed by atoms with Crippen molar-refractivity contribution in [3.63, 3.8) is 0 Å². The van der Waals surface area contributed by atoms with E-state index in [1.54, 1.807) is 0 Å². The summed E-state index contributed by atoms with van der Waals surface area (Å²) in [7, 11) is 1.95. The van der Waals surface area contributed by atoms with Crippen molar-refractivity contribution in [3.05, 3.63) is 59.4 Å². The SMILES string of the molecule is Cc1nn(C)c2ncc(CN[C@@H](CN3CCCC3)c3ccccc3)cc12. The summed E-state index contributed by atoms with van der Waals surface area (Å²) < 4.78 is 1.85. The number of hydrogen-bond donors (Lipinski definition) is 1. The summed E-state index contributed by atoms with van der Waals surface area (Å²) in [6.07, 6.45) is 4.61. The van der Waals surface area contributed by atoms with Gasteiger partial charge in [-0.3, -0.25) is 4.68 Å². The molecule has 0 saturated carbocycles. The molecule has 0 aliphatic carbocycles. The Labute approximate surface area is 155 Å². The molecule has 0 amide bonds. The normalized spacial score (nSPS) is 16.4. The van der Waals surface area contributed by atoms with E-state index < -0.39 is 0 Å². The van der Waals surface area contributed by atoms with E-state index in [2.05, 4.69) is 56.7 Å². The molecule has 1 aliphatic rings. The Kier molecular flexibility index (Phi) is 5.00. The van der Waals surface area contributed by atoms with E-state index in [0.29, 0.717) is 6.04 Å². The lowest BCUT2D eigenvalue weighted by Crippen LogP contribution is -2.33. The standard InChI is InChI=1S/C21H27N5/c1-16-19-12-17(14-23-21(19)25(2)24-16)13-22-20(15-26-10-6-7-11-26)18-8-4-3-5-9-18/h3-5,8-9,12,14,20,22H,6-7,10-11,13,15H2,1-2H3/t20-/m0/s1. The third kappa shape index (κ3) is 3.64. The van der Waals surface area contributed by atoms with Crippen LogP contribution in [-0.2, 0) is 13.6 Å². The van der Waals surface area contributed by atoms with Crippen LogP contribution in [-0.4, -0.2) is 39.3 Å². The van der Waals surface area contributed by atoms with E-state index in [1.807, 2.05) is 24.9 Å². The fourth-order valence-corrected chi connectivity index (χ4v) is 3.89. The molecule has 1 fully saturated rings. The maximum atomic E-state index is 4.61. The molecule has 1 atom stereocenters. The highest BCUT2D eigenvalue weighted by Gasteiger charge is 2.19.